The number of para-hydroxylation sites is 1. The second-order valence-electron chi connectivity index (χ2n) is 4.85. The lowest BCUT2D eigenvalue weighted by atomic mass is 10.2. The van der Waals surface area contributed by atoms with Gasteiger partial charge >= 0.3 is 11.8 Å². The Balaban J connectivity index is 1.62. The summed E-state index contributed by atoms with van der Waals surface area (Å²) in [5.41, 5.74) is 0.595. The molecule has 0 fully saturated rings. The van der Waals surface area contributed by atoms with E-state index in [9.17, 15) is 9.59 Å². The highest BCUT2D eigenvalue weighted by atomic mass is 32.1. The zero-order chi connectivity index (χ0) is 17.1. The molecule has 8 nitrogen and oxygen atoms in total. The predicted octanol–water partition coefficient (Wildman–Crippen LogP) is 1.86. The van der Waals surface area contributed by atoms with Gasteiger partial charge in [0.05, 0.1) is 13.7 Å². The van der Waals surface area contributed by atoms with Crippen LogP contribution < -0.4 is 15.4 Å². The van der Waals surface area contributed by atoms with E-state index in [1.165, 1.54) is 11.3 Å². The maximum atomic E-state index is 11.8. The molecule has 0 aliphatic rings. The molecule has 0 bridgehead atoms. The number of anilines is 1. The largest absolute Gasteiger partial charge is 0.493 e. The van der Waals surface area contributed by atoms with Crippen LogP contribution in [0.5, 0.6) is 5.75 Å². The molecule has 2 aromatic heterocycles. The van der Waals surface area contributed by atoms with Gasteiger partial charge in [0.1, 0.15) is 10.8 Å². The molecule has 24 heavy (non-hydrogen) atoms. The van der Waals surface area contributed by atoms with Gasteiger partial charge in [-0.2, -0.15) is 0 Å². The minimum atomic E-state index is -0.806. The Morgan fingerprint density at radius 2 is 2.12 bits per heavy atom. The van der Waals surface area contributed by atoms with Gasteiger partial charge in [-0.3, -0.25) is 14.9 Å². The Bertz CT molecular complexity index is 902. The molecule has 9 heteroatoms. The van der Waals surface area contributed by atoms with Crippen LogP contribution in [-0.4, -0.2) is 29.1 Å². The Morgan fingerprint density at radius 1 is 1.29 bits per heavy atom. The molecule has 0 saturated heterocycles. The molecule has 124 valence electrons. The third-order valence-electron chi connectivity index (χ3n) is 3.15. The van der Waals surface area contributed by atoms with E-state index in [1.54, 1.807) is 26.2 Å². The first kappa shape index (κ1) is 15.9. The smallest absolute Gasteiger partial charge is 0.315 e. The first-order valence-corrected chi connectivity index (χ1v) is 7.83. The fraction of sp³-hybridized carbons (Fsp3) is 0.200. The number of hydrogen-bond donors (Lipinski definition) is 2. The summed E-state index contributed by atoms with van der Waals surface area (Å²) in [6, 6.07) is 7.28. The van der Waals surface area contributed by atoms with Gasteiger partial charge in [-0.25, -0.2) is 0 Å². The van der Waals surface area contributed by atoms with E-state index in [-0.39, 0.29) is 11.7 Å². The lowest BCUT2D eigenvalue weighted by Gasteiger charge is -2.02. The number of furan rings is 1. The van der Waals surface area contributed by atoms with Crippen LogP contribution in [0, 0.1) is 6.92 Å². The van der Waals surface area contributed by atoms with Crippen LogP contribution in [0.4, 0.5) is 5.13 Å². The summed E-state index contributed by atoms with van der Waals surface area (Å²) in [5.74, 6) is -0.466. The highest BCUT2D eigenvalue weighted by Crippen LogP contribution is 2.28. The maximum absolute atomic E-state index is 11.8. The van der Waals surface area contributed by atoms with Crippen molar-refractivity contribution in [3.05, 3.63) is 35.0 Å². The van der Waals surface area contributed by atoms with Gasteiger partial charge < -0.3 is 14.5 Å². The molecule has 3 aromatic rings. The van der Waals surface area contributed by atoms with E-state index in [2.05, 4.69) is 20.8 Å². The van der Waals surface area contributed by atoms with Crippen LogP contribution in [0.1, 0.15) is 10.8 Å². The van der Waals surface area contributed by atoms with E-state index in [0.717, 1.165) is 5.39 Å². The number of methoxy groups -OCH3 is 1. The Hall–Kier alpha value is -2.94. The number of amides is 2. The highest BCUT2D eigenvalue weighted by Gasteiger charge is 2.16. The number of ether oxygens (including phenoxy) is 1. The average molecular weight is 346 g/mol. The van der Waals surface area contributed by atoms with Crippen molar-refractivity contribution < 1.29 is 18.7 Å². The zero-order valence-corrected chi connectivity index (χ0v) is 13.8. The van der Waals surface area contributed by atoms with Crippen LogP contribution >= 0.6 is 11.3 Å². The Kier molecular flexibility index (Phi) is 4.43. The van der Waals surface area contributed by atoms with Crippen LogP contribution in [-0.2, 0) is 16.1 Å². The summed E-state index contributed by atoms with van der Waals surface area (Å²) in [4.78, 5) is 23.6. The second-order valence-corrected chi connectivity index (χ2v) is 6.04. The molecule has 0 atom stereocenters. The van der Waals surface area contributed by atoms with Crippen LogP contribution in [0.25, 0.3) is 11.0 Å². The molecule has 0 spiro atoms. The van der Waals surface area contributed by atoms with Crippen LogP contribution in [0.3, 0.4) is 0 Å². The second kappa shape index (κ2) is 6.67. The first-order valence-electron chi connectivity index (χ1n) is 7.01. The van der Waals surface area contributed by atoms with Crippen molar-refractivity contribution in [2.75, 3.05) is 12.4 Å². The minimum absolute atomic E-state index is 0.0826. The zero-order valence-electron chi connectivity index (χ0n) is 13.0. The minimum Gasteiger partial charge on any atom is -0.493 e. The molecule has 0 saturated carbocycles. The van der Waals surface area contributed by atoms with Crippen molar-refractivity contribution in [2.24, 2.45) is 0 Å². The fourth-order valence-electron chi connectivity index (χ4n) is 2.09. The number of aromatic nitrogens is 2. The molecule has 0 aliphatic carbocycles. The van der Waals surface area contributed by atoms with Gasteiger partial charge in [-0.1, -0.05) is 23.5 Å². The SMILES string of the molecule is COc1cccc2cc(CNC(=O)C(=O)Nc3nnc(C)s3)oc12. The van der Waals surface area contributed by atoms with Crippen molar-refractivity contribution in [2.45, 2.75) is 13.5 Å². The quantitative estimate of drug-likeness (QED) is 0.698. The van der Waals surface area contributed by atoms with Gasteiger partial charge in [-0.15, -0.1) is 10.2 Å². The molecule has 1 aromatic carbocycles. The van der Waals surface area contributed by atoms with Gasteiger partial charge in [0, 0.05) is 5.39 Å². The highest BCUT2D eigenvalue weighted by molar-refractivity contribution is 7.15. The molecule has 2 heterocycles. The van der Waals surface area contributed by atoms with E-state index < -0.39 is 11.8 Å². The van der Waals surface area contributed by atoms with Crippen LogP contribution in [0.15, 0.2) is 28.7 Å². The number of benzene rings is 1. The number of fused-ring (bicyclic) bond motifs is 1. The normalized spacial score (nSPS) is 10.6. The summed E-state index contributed by atoms with van der Waals surface area (Å²) in [6.07, 6.45) is 0. The van der Waals surface area contributed by atoms with Gasteiger partial charge in [0.25, 0.3) is 0 Å². The summed E-state index contributed by atoms with van der Waals surface area (Å²) in [6.45, 7) is 1.84. The molecule has 2 amide bonds. The number of aryl methyl sites for hydroxylation is 1. The number of rotatable bonds is 4. The number of nitrogens with zero attached hydrogens (tertiary/aromatic N) is 2. The number of hydrogen-bond acceptors (Lipinski definition) is 7. The van der Waals surface area contributed by atoms with Gasteiger partial charge in [0.2, 0.25) is 5.13 Å². The number of nitrogens with one attached hydrogen (secondary N) is 2. The fourth-order valence-corrected chi connectivity index (χ4v) is 2.67. The van der Waals surface area contributed by atoms with Crippen molar-refractivity contribution in [3.8, 4) is 5.75 Å². The summed E-state index contributed by atoms with van der Waals surface area (Å²) >= 11 is 1.19. The Morgan fingerprint density at radius 3 is 2.83 bits per heavy atom. The molecule has 0 radical (unpaired) electrons. The lowest BCUT2D eigenvalue weighted by molar-refractivity contribution is -0.136. The number of carbonyl (C=O) groups is 2. The van der Waals surface area contributed by atoms with Gasteiger partial charge in [0.15, 0.2) is 11.3 Å². The van der Waals surface area contributed by atoms with Crippen LogP contribution in [0.2, 0.25) is 0 Å². The lowest BCUT2D eigenvalue weighted by Crippen LogP contribution is -2.34. The van der Waals surface area contributed by atoms with E-state index in [0.29, 0.717) is 22.1 Å². The van der Waals surface area contributed by atoms with Crippen molar-refractivity contribution >= 4 is 39.3 Å². The average Bonchev–Trinajstić information content (AvgIpc) is 3.17. The standard InChI is InChI=1S/C15H14N4O4S/c1-8-18-19-15(24-8)17-14(21)13(20)16-7-10-6-9-4-3-5-11(22-2)12(9)23-10/h3-6H,7H2,1-2H3,(H,16,20)(H,17,19,21). The topological polar surface area (TPSA) is 106 Å². The molecule has 3 rings (SSSR count). The van der Waals surface area contributed by atoms with E-state index in [4.69, 9.17) is 9.15 Å². The molecular weight excluding hydrogens is 332 g/mol. The summed E-state index contributed by atoms with van der Waals surface area (Å²) < 4.78 is 10.9. The molecular formula is C15H14N4O4S. The molecule has 2 N–H and O–H groups in total. The maximum Gasteiger partial charge on any atom is 0.315 e. The molecule has 0 aliphatic heterocycles. The van der Waals surface area contributed by atoms with Crippen molar-refractivity contribution in [1.82, 2.24) is 15.5 Å². The van der Waals surface area contributed by atoms with Crippen molar-refractivity contribution in [3.63, 3.8) is 0 Å². The Labute approximate surface area is 140 Å². The predicted molar refractivity (Wildman–Crippen MR) is 87.9 cm³/mol. The van der Waals surface area contributed by atoms with E-state index in [1.807, 2.05) is 12.1 Å². The van der Waals surface area contributed by atoms with Crippen molar-refractivity contribution in [1.29, 1.82) is 0 Å². The summed E-state index contributed by atoms with van der Waals surface area (Å²) in [5, 5.41) is 14.2. The summed E-state index contributed by atoms with van der Waals surface area (Å²) in [7, 11) is 1.55. The monoisotopic (exact) mass is 346 g/mol. The van der Waals surface area contributed by atoms with E-state index >= 15 is 0 Å². The first-order chi connectivity index (χ1) is 11.6. The number of carbonyl (C=O) groups excluding carboxylic acids is 2. The molecule has 0 unspecified atom stereocenters. The third kappa shape index (κ3) is 3.35. The van der Waals surface area contributed by atoms with Gasteiger partial charge in [-0.05, 0) is 19.1 Å². The third-order valence-corrected chi connectivity index (χ3v) is 3.91.